The van der Waals surface area contributed by atoms with Crippen molar-refractivity contribution in [2.75, 3.05) is 20.5 Å². The van der Waals surface area contributed by atoms with Gasteiger partial charge in [-0.3, -0.25) is 0 Å². The molecule has 0 aromatic heterocycles. The van der Waals surface area contributed by atoms with Crippen molar-refractivity contribution in [2.24, 2.45) is 0 Å². The summed E-state index contributed by atoms with van der Waals surface area (Å²) in [4.78, 5) is 0. The third-order valence-electron chi connectivity index (χ3n) is 1.73. The Bertz CT molecular complexity index is 393. The topological polar surface area (TPSA) is 38.7 Å². The molecule has 0 bridgehead atoms. The van der Waals surface area contributed by atoms with Gasteiger partial charge < -0.3 is 14.6 Å². The van der Waals surface area contributed by atoms with Gasteiger partial charge in [0.15, 0.2) is 6.79 Å². The van der Waals surface area contributed by atoms with Gasteiger partial charge in [0.1, 0.15) is 11.6 Å². The highest BCUT2D eigenvalue weighted by atomic mass is 19.1. The average Bonchev–Trinajstić information content (AvgIpc) is 2.28. The predicted octanol–water partition coefficient (Wildman–Crippen LogP) is 1.54. The van der Waals surface area contributed by atoms with Gasteiger partial charge in [-0.1, -0.05) is 11.8 Å². The van der Waals surface area contributed by atoms with E-state index < -0.39 is 0 Å². The molecule has 86 valence electrons. The summed E-state index contributed by atoms with van der Waals surface area (Å²) in [7, 11) is 1.50. The van der Waals surface area contributed by atoms with E-state index >= 15 is 0 Å². The maximum absolute atomic E-state index is 13.0. The monoisotopic (exact) mass is 224 g/mol. The van der Waals surface area contributed by atoms with Gasteiger partial charge in [0, 0.05) is 13.5 Å². The summed E-state index contributed by atoms with van der Waals surface area (Å²) < 4.78 is 22.9. The highest BCUT2D eigenvalue weighted by Crippen LogP contribution is 2.18. The van der Waals surface area contributed by atoms with E-state index in [1.807, 2.05) is 0 Å². The van der Waals surface area contributed by atoms with Gasteiger partial charge in [-0.2, -0.15) is 0 Å². The van der Waals surface area contributed by atoms with E-state index in [1.54, 1.807) is 0 Å². The lowest BCUT2D eigenvalue weighted by atomic mass is 10.2. The van der Waals surface area contributed by atoms with Crippen molar-refractivity contribution in [3.05, 3.63) is 29.6 Å². The molecule has 4 heteroatoms. The molecule has 0 aliphatic heterocycles. The van der Waals surface area contributed by atoms with Crippen LogP contribution in [0.2, 0.25) is 0 Å². The first kappa shape index (κ1) is 12.5. The van der Waals surface area contributed by atoms with E-state index in [9.17, 15) is 4.39 Å². The number of benzene rings is 1. The Balaban J connectivity index is 2.86. The first-order valence-electron chi connectivity index (χ1n) is 4.79. The van der Waals surface area contributed by atoms with E-state index in [-0.39, 0.29) is 19.2 Å². The van der Waals surface area contributed by atoms with Crippen LogP contribution >= 0.6 is 0 Å². The van der Waals surface area contributed by atoms with Crippen LogP contribution in [0.25, 0.3) is 0 Å². The molecule has 1 rings (SSSR count). The zero-order valence-electron chi connectivity index (χ0n) is 9.00. The number of rotatable bonds is 4. The molecule has 0 aliphatic carbocycles. The van der Waals surface area contributed by atoms with Crippen LogP contribution in [0.3, 0.4) is 0 Å². The minimum atomic E-state index is -0.377. The van der Waals surface area contributed by atoms with Gasteiger partial charge in [0.05, 0.1) is 12.2 Å². The minimum absolute atomic E-state index is 0.0173. The van der Waals surface area contributed by atoms with E-state index in [1.165, 1.54) is 25.3 Å². The number of methoxy groups -OCH3 is 1. The Labute approximate surface area is 93.8 Å². The normalized spacial score (nSPS) is 9.44. The van der Waals surface area contributed by atoms with Crippen molar-refractivity contribution >= 4 is 0 Å². The van der Waals surface area contributed by atoms with E-state index in [0.29, 0.717) is 17.7 Å². The number of halogens is 1. The van der Waals surface area contributed by atoms with Crippen molar-refractivity contribution < 1.29 is 19.0 Å². The number of hydrogen-bond donors (Lipinski definition) is 1. The summed E-state index contributed by atoms with van der Waals surface area (Å²) >= 11 is 0. The highest BCUT2D eigenvalue weighted by Gasteiger charge is 2.02. The van der Waals surface area contributed by atoms with Crippen molar-refractivity contribution in [2.45, 2.75) is 6.42 Å². The zero-order chi connectivity index (χ0) is 11.8. The average molecular weight is 224 g/mol. The maximum atomic E-state index is 13.0. The Morgan fingerprint density at radius 2 is 2.25 bits per heavy atom. The zero-order valence-corrected chi connectivity index (χ0v) is 9.00. The summed E-state index contributed by atoms with van der Waals surface area (Å²) in [5, 5.41) is 8.58. The molecule has 3 nitrogen and oxygen atoms in total. The summed E-state index contributed by atoms with van der Waals surface area (Å²) in [6, 6.07) is 4.08. The van der Waals surface area contributed by atoms with Crippen molar-refractivity contribution in [1.82, 2.24) is 0 Å². The molecule has 0 radical (unpaired) electrons. The van der Waals surface area contributed by atoms with Crippen LogP contribution in [0, 0.1) is 17.7 Å². The smallest absolute Gasteiger partial charge is 0.188 e. The molecule has 0 saturated heterocycles. The van der Waals surface area contributed by atoms with Crippen LogP contribution in [0.5, 0.6) is 5.75 Å². The molecular formula is C12H13FO3. The number of aliphatic hydroxyl groups excluding tert-OH is 1. The SMILES string of the molecule is COCOc1ccc(F)cc1C#CCCO. The molecule has 1 aromatic carbocycles. The molecule has 0 spiro atoms. The number of ether oxygens (including phenoxy) is 2. The fourth-order valence-corrected chi connectivity index (χ4v) is 1.06. The lowest BCUT2D eigenvalue weighted by Crippen LogP contribution is -2.00. The van der Waals surface area contributed by atoms with Crippen molar-refractivity contribution in [1.29, 1.82) is 0 Å². The van der Waals surface area contributed by atoms with Crippen LogP contribution in [0.15, 0.2) is 18.2 Å². The Hall–Kier alpha value is -1.57. The molecule has 1 aromatic rings. The molecule has 0 fully saturated rings. The van der Waals surface area contributed by atoms with E-state index in [2.05, 4.69) is 11.8 Å². The second-order valence-corrected chi connectivity index (χ2v) is 2.97. The molecular weight excluding hydrogens is 211 g/mol. The molecule has 16 heavy (non-hydrogen) atoms. The summed E-state index contributed by atoms with van der Waals surface area (Å²) in [5.74, 6) is 5.53. The van der Waals surface area contributed by atoms with Gasteiger partial charge >= 0.3 is 0 Å². The molecule has 1 N–H and O–H groups in total. The van der Waals surface area contributed by atoms with E-state index in [0.717, 1.165) is 0 Å². The van der Waals surface area contributed by atoms with Crippen LogP contribution in [0.1, 0.15) is 12.0 Å². The highest BCUT2D eigenvalue weighted by molar-refractivity contribution is 5.46. The number of aliphatic hydroxyl groups is 1. The molecule has 0 aliphatic rings. The maximum Gasteiger partial charge on any atom is 0.188 e. The predicted molar refractivity (Wildman–Crippen MR) is 57.5 cm³/mol. The Kier molecular flexibility index (Phi) is 5.34. The number of hydrogen-bond acceptors (Lipinski definition) is 3. The molecule has 0 heterocycles. The van der Waals surface area contributed by atoms with Crippen molar-refractivity contribution in [3.63, 3.8) is 0 Å². The fraction of sp³-hybridized carbons (Fsp3) is 0.333. The summed E-state index contributed by atoms with van der Waals surface area (Å²) in [6.45, 7) is 0.0664. The molecule has 0 amide bonds. The summed E-state index contributed by atoms with van der Waals surface area (Å²) in [5.41, 5.74) is 0.450. The third kappa shape index (κ3) is 3.89. The molecule has 0 atom stereocenters. The van der Waals surface area contributed by atoms with Gasteiger partial charge in [-0.05, 0) is 18.2 Å². The van der Waals surface area contributed by atoms with Gasteiger partial charge in [-0.15, -0.1) is 0 Å². The Morgan fingerprint density at radius 1 is 1.44 bits per heavy atom. The van der Waals surface area contributed by atoms with Crippen molar-refractivity contribution in [3.8, 4) is 17.6 Å². The molecule has 0 saturated carbocycles. The van der Waals surface area contributed by atoms with Gasteiger partial charge in [0.25, 0.3) is 0 Å². The van der Waals surface area contributed by atoms with E-state index in [4.69, 9.17) is 14.6 Å². The first-order chi connectivity index (χ1) is 7.77. The van der Waals surface area contributed by atoms with Crippen LogP contribution in [-0.2, 0) is 4.74 Å². The van der Waals surface area contributed by atoms with Crippen LogP contribution < -0.4 is 4.74 Å². The largest absolute Gasteiger partial charge is 0.466 e. The third-order valence-corrected chi connectivity index (χ3v) is 1.73. The van der Waals surface area contributed by atoms with Crippen LogP contribution in [-0.4, -0.2) is 25.6 Å². The van der Waals surface area contributed by atoms with Crippen LogP contribution in [0.4, 0.5) is 4.39 Å². The Morgan fingerprint density at radius 3 is 2.94 bits per heavy atom. The first-order valence-corrected chi connectivity index (χ1v) is 4.79. The van der Waals surface area contributed by atoms with Gasteiger partial charge in [-0.25, -0.2) is 4.39 Å². The molecule has 0 unspecified atom stereocenters. The quantitative estimate of drug-likeness (QED) is 0.623. The second kappa shape index (κ2) is 6.83. The lowest BCUT2D eigenvalue weighted by molar-refractivity contribution is 0.0508. The fourth-order valence-electron chi connectivity index (χ4n) is 1.06. The van der Waals surface area contributed by atoms with Gasteiger partial charge in [0.2, 0.25) is 0 Å². The second-order valence-electron chi connectivity index (χ2n) is 2.97. The summed E-state index contributed by atoms with van der Waals surface area (Å²) in [6.07, 6.45) is 0.347. The lowest BCUT2D eigenvalue weighted by Gasteiger charge is -2.06. The standard InChI is InChI=1S/C12H13FO3/c1-15-9-16-12-6-5-11(13)8-10(12)4-2-3-7-14/h5-6,8,14H,3,7,9H2,1H3. The minimum Gasteiger partial charge on any atom is -0.466 e.